The maximum atomic E-state index is 13.9. The SMILES string of the molecule is CN(CCC1=NC=C[N+]1(C(=O)O)c1ccc(OC(=O)c2c(F)cccc2F)cc1)C(=O)OC(C)(C)C. The van der Waals surface area contributed by atoms with Gasteiger partial charge in [-0.15, -0.1) is 4.48 Å². The third-order valence-electron chi connectivity index (χ3n) is 5.22. The van der Waals surface area contributed by atoms with Crippen LogP contribution in [-0.4, -0.2) is 53.2 Å². The van der Waals surface area contributed by atoms with E-state index in [1.165, 1.54) is 48.6 Å². The number of carbonyl (C=O) groups excluding carboxylic acids is 2. The summed E-state index contributed by atoms with van der Waals surface area (Å²) in [6, 6.07) is 8.42. The third-order valence-corrected chi connectivity index (χ3v) is 5.22. The molecule has 0 fully saturated rings. The summed E-state index contributed by atoms with van der Waals surface area (Å²) in [7, 11) is 1.54. The zero-order valence-electron chi connectivity index (χ0n) is 20.2. The molecular weight excluding hydrogens is 476 g/mol. The van der Waals surface area contributed by atoms with Gasteiger partial charge in [0.15, 0.2) is 5.69 Å². The first-order valence-corrected chi connectivity index (χ1v) is 10.9. The van der Waals surface area contributed by atoms with Crippen LogP contribution in [0.15, 0.2) is 59.9 Å². The molecule has 190 valence electrons. The largest absolute Gasteiger partial charge is 0.529 e. The molecule has 0 bridgehead atoms. The Kier molecular flexibility index (Phi) is 7.54. The van der Waals surface area contributed by atoms with E-state index in [4.69, 9.17) is 9.47 Å². The molecule has 36 heavy (non-hydrogen) atoms. The van der Waals surface area contributed by atoms with E-state index >= 15 is 0 Å². The Morgan fingerprint density at radius 3 is 2.22 bits per heavy atom. The Hall–Kier alpha value is -4.12. The summed E-state index contributed by atoms with van der Waals surface area (Å²) >= 11 is 0. The van der Waals surface area contributed by atoms with Crippen molar-refractivity contribution in [2.75, 3.05) is 13.6 Å². The van der Waals surface area contributed by atoms with Crippen molar-refractivity contribution in [3.05, 3.63) is 72.1 Å². The van der Waals surface area contributed by atoms with Gasteiger partial charge in [0.25, 0.3) is 0 Å². The van der Waals surface area contributed by atoms with Crippen LogP contribution < -0.4 is 9.22 Å². The molecule has 9 nitrogen and oxygen atoms in total. The molecule has 0 aromatic heterocycles. The van der Waals surface area contributed by atoms with Crippen molar-refractivity contribution < 1.29 is 37.7 Å². The number of amidine groups is 1. The molecule has 11 heteroatoms. The first-order valence-electron chi connectivity index (χ1n) is 10.9. The quantitative estimate of drug-likeness (QED) is 0.326. The van der Waals surface area contributed by atoms with Crippen molar-refractivity contribution in [1.82, 2.24) is 9.38 Å². The Bertz CT molecular complexity index is 1220. The van der Waals surface area contributed by atoms with E-state index in [0.29, 0.717) is 0 Å². The molecule has 1 unspecified atom stereocenters. The molecule has 2 aromatic carbocycles. The van der Waals surface area contributed by atoms with E-state index < -0.39 is 45.4 Å². The minimum absolute atomic E-state index is 0.0405. The van der Waals surface area contributed by atoms with Gasteiger partial charge in [0, 0.05) is 25.7 Å². The molecule has 0 spiro atoms. The van der Waals surface area contributed by atoms with Crippen molar-refractivity contribution in [1.29, 1.82) is 0 Å². The lowest BCUT2D eigenvalue weighted by atomic mass is 10.2. The van der Waals surface area contributed by atoms with E-state index in [1.54, 1.807) is 20.8 Å². The molecule has 2 aromatic rings. The van der Waals surface area contributed by atoms with Gasteiger partial charge in [-0.25, -0.2) is 23.4 Å². The molecule has 1 N–H and O–H groups in total. The summed E-state index contributed by atoms with van der Waals surface area (Å²) in [5.74, 6) is -3.16. The number of carboxylic acid groups (broad SMARTS) is 1. The highest BCUT2D eigenvalue weighted by Gasteiger charge is 2.46. The first kappa shape index (κ1) is 26.5. The van der Waals surface area contributed by atoms with Gasteiger partial charge in [0.05, 0.1) is 12.6 Å². The van der Waals surface area contributed by atoms with E-state index in [0.717, 1.165) is 18.2 Å². The number of amides is 2. The summed E-state index contributed by atoms with van der Waals surface area (Å²) in [5, 5.41) is 10.1. The average Bonchev–Trinajstić information content (AvgIpc) is 3.21. The summed E-state index contributed by atoms with van der Waals surface area (Å²) in [6.45, 7) is 5.37. The molecule has 1 aliphatic heterocycles. The highest BCUT2D eigenvalue weighted by Crippen LogP contribution is 2.32. The molecule has 1 atom stereocenters. The molecule has 0 aliphatic carbocycles. The Morgan fingerprint density at radius 1 is 1.06 bits per heavy atom. The fourth-order valence-electron chi connectivity index (χ4n) is 3.46. The van der Waals surface area contributed by atoms with Gasteiger partial charge in [0.1, 0.15) is 34.7 Å². The van der Waals surface area contributed by atoms with Crippen LogP contribution in [0.3, 0.4) is 0 Å². The zero-order valence-corrected chi connectivity index (χ0v) is 20.2. The number of rotatable bonds is 6. The lowest BCUT2D eigenvalue weighted by Crippen LogP contribution is -2.52. The number of halogens is 2. The maximum Gasteiger partial charge on any atom is 0.529 e. The number of nitrogens with zero attached hydrogens (tertiary/aromatic N) is 3. The Morgan fingerprint density at radius 2 is 1.67 bits per heavy atom. The maximum absolute atomic E-state index is 13.9. The van der Waals surface area contributed by atoms with E-state index in [9.17, 15) is 28.3 Å². The number of aliphatic imine (C=N–C) groups is 1. The van der Waals surface area contributed by atoms with Crippen molar-refractivity contribution in [3.8, 4) is 5.75 Å². The number of carbonyl (C=O) groups is 3. The highest BCUT2D eigenvalue weighted by molar-refractivity contribution is 6.11. The first-order chi connectivity index (χ1) is 16.8. The number of esters is 1. The van der Waals surface area contributed by atoms with Gasteiger partial charge in [-0.05, 0) is 45.0 Å². The van der Waals surface area contributed by atoms with Crippen LogP contribution in [-0.2, 0) is 4.74 Å². The van der Waals surface area contributed by atoms with Gasteiger partial charge < -0.3 is 19.5 Å². The topological polar surface area (TPSA) is 106 Å². The van der Waals surface area contributed by atoms with Crippen LogP contribution in [0.2, 0.25) is 0 Å². The second-order valence-corrected chi connectivity index (χ2v) is 8.98. The zero-order chi connectivity index (χ0) is 26.7. The Labute approximate surface area is 206 Å². The summed E-state index contributed by atoms with van der Waals surface area (Å²) < 4.78 is 37.3. The second-order valence-electron chi connectivity index (χ2n) is 8.98. The second kappa shape index (κ2) is 10.2. The van der Waals surface area contributed by atoms with Crippen LogP contribution >= 0.6 is 0 Å². The molecule has 1 aliphatic rings. The van der Waals surface area contributed by atoms with Gasteiger partial charge in [0.2, 0.25) is 5.84 Å². The summed E-state index contributed by atoms with van der Waals surface area (Å²) in [5.41, 5.74) is -1.25. The fourth-order valence-corrected chi connectivity index (χ4v) is 3.46. The van der Waals surface area contributed by atoms with Crippen molar-refractivity contribution >= 4 is 29.7 Å². The molecule has 0 radical (unpaired) electrons. The average molecular weight is 502 g/mol. The van der Waals surface area contributed by atoms with Crippen LogP contribution in [0.25, 0.3) is 0 Å². The predicted octanol–water partition coefficient (Wildman–Crippen LogP) is 5.31. The van der Waals surface area contributed by atoms with Crippen LogP contribution in [0, 0.1) is 11.6 Å². The van der Waals surface area contributed by atoms with Crippen LogP contribution in [0.1, 0.15) is 37.6 Å². The molecule has 2 amide bonds. The van der Waals surface area contributed by atoms with E-state index in [1.807, 2.05) is 0 Å². The smallest absolute Gasteiger partial charge is 0.444 e. The van der Waals surface area contributed by atoms with Gasteiger partial charge in [-0.2, -0.15) is 4.79 Å². The number of quaternary nitrogens is 1. The van der Waals surface area contributed by atoms with E-state index in [-0.39, 0.29) is 30.2 Å². The molecule has 0 saturated carbocycles. The van der Waals surface area contributed by atoms with Gasteiger partial charge in [-0.3, -0.25) is 0 Å². The van der Waals surface area contributed by atoms with Crippen LogP contribution in [0.5, 0.6) is 5.75 Å². The predicted molar refractivity (Wildman–Crippen MR) is 128 cm³/mol. The summed E-state index contributed by atoms with van der Waals surface area (Å²) in [4.78, 5) is 42.4. The number of hydrogen-bond acceptors (Lipinski definition) is 6. The van der Waals surface area contributed by atoms with Gasteiger partial charge >= 0.3 is 18.2 Å². The van der Waals surface area contributed by atoms with Crippen molar-refractivity contribution in [2.24, 2.45) is 4.99 Å². The molecule has 0 saturated heterocycles. The molecular formula is C25H26F2N3O6+. The molecule has 1 heterocycles. The van der Waals surface area contributed by atoms with Crippen LogP contribution in [0.4, 0.5) is 24.1 Å². The van der Waals surface area contributed by atoms with Crippen molar-refractivity contribution in [3.63, 3.8) is 0 Å². The van der Waals surface area contributed by atoms with Crippen molar-refractivity contribution in [2.45, 2.75) is 32.8 Å². The third kappa shape index (κ3) is 5.57. The highest BCUT2D eigenvalue weighted by atomic mass is 19.1. The number of hydrogen-bond donors (Lipinski definition) is 1. The summed E-state index contributed by atoms with van der Waals surface area (Å²) in [6.07, 6.45) is 1.03. The normalized spacial score (nSPS) is 16.9. The monoisotopic (exact) mass is 502 g/mol. The minimum atomic E-state index is -1.25. The lowest BCUT2D eigenvalue weighted by molar-refractivity contribution is 0.0302. The standard InChI is InChI=1S/C25H25F2N3O6/c1-25(2,3)36-23(32)29(4)14-12-20-28-13-15-30(20,24(33)34)16-8-10-17(11-9-16)35-22(31)21-18(26)6-5-7-19(21)27/h5-11,13,15H,12,14H2,1-4H3/p+1. The number of benzene rings is 2. The Balaban J connectivity index is 1.77. The van der Waals surface area contributed by atoms with Gasteiger partial charge in [-0.1, -0.05) is 6.07 Å². The minimum Gasteiger partial charge on any atom is -0.444 e. The number of ether oxygens (including phenoxy) is 2. The molecule has 3 rings (SSSR count). The lowest BCUT2D eigenvalue weighted by Gasteiger charge is -2.28. The fraction of sp³-hybridized carbons (Fsp3) is 0.280. The van der Waals surface area contributed by atoms with E-state index in [2.05, 4.69) is 4.99 Å².